The van der Waals surface area contributed by atoms with Gasteiger partial charge in [-0.15, -0.1) is 0 Å². The Bertz CT molecular complexity index is 1710. The van der Waals surface area contributed by atoms with Gasteiger partial charge < -0.3 is 23.8 Å². The van der Waals surface area contributed by atoms with E-state index in [2.05, 4.69) is 14.8 Å². The van der Waals surface area contributed by atoms with Crippen LogP contribution in [0, 0.1) is 5.92 Å². The van der Waals surface area contributed by atoms with Crippen LogP contribution in [0.15, 0.2) is 54.9 Å². The van der Waals surface area contributed by atoms with E-state index >= 15 is 0 Å². The fourth-order valence-electron chi connectivity index (χ4n) is 5.50. The lowest BCUT2D eigenvalue weighted by Gasteiger charge is -2.34. The number of methoxy groups -OCH3 is 1. The van der Waals surface area contributed by atoms with Gasteiger partial charge in [0.05, 0.1) is 36.2 Å². The fraction of sp³-hybridized carbons (Fsp3) is 0.471. The van der Waals surface area contributed by atoms with Gasteiger partial charge >= 0.3 is 12.6 Å². The number of nitrogens with zero attached hydrogens (tertiary/aromatic N) is 4. The zero-order valence-electron chi connectivity index (χ0n) is 27.7. The average Bonchev–Trinajstić information content (AvgIpc) is 3.90. The molecule has 0 spiro atoms. The Morgan fingerprint density at radius 3 is 2.45 bits per heavy atom. The molecule has 3 aromatic rings. The summed E-state index contributed by atoms with van der Waals surface area (Å²) in [4.78, 5) is 22.3. The monoisotopic (exact) mass is 722 g/mol. The third-order valence-corrected chi connectivity index (χ3v) is 10.1. The number of ether oxygens (including phenoxy) is 4. The molecule has 5 rings (SSSR count). The van der Waals surface area contributed by atoms with Crippen LogP contribution in [0.5, 0.6) is 17.2 Å². The van der Waals surface area contributed by atoms with E-state index in [-0.39, 0.29) is 41.5 Å². The number of anilines is 1. The number of aromatic nitrogens is 1. The van der Waals surface area contributed by atoms with Crippen molar-refractivity contribution in [2.24, 2.45) is 5.92 Å². The maximum atomic E-state index is 13.8. The van der Waals surface area contributed by atoms with Crippen molar-refractivity contribution >= 4 is 33.3 Å². The largest absolute Gasteiger partial charge is 0.495 e. The lowest BCUT2D eigenvalue weighted by atomic mass is 10.0. The molecule has 2 aliphatic rings. The first-order chi connectivity index (χ1) is 23.4. The number of alkyl halides is 2. The van der Waals surface area contributed by atoms with Crippen molar-refractivity contribution in [2.75, 3.05) is 70.6 Å². The molecule has 2 heterocycles. The second-order valence-corrected chi connectivity index (χ2v) is 14.6. The Kier molecular flexibility index (Phi) is 12.2. The van der Waals surface area contributed by atoms with Crippen LogP contribution < -0.4 is 18.5 Å². The number of likely N-dealkylation sites (N-methyl/N-ethyl adjacent to an activating group) is 1. The molecule has 49 heavy (non-hydrogen) atoms. The van der Waals surface area contributed by atoms with Crippen molar-refractivity contribution in [3.05, 3.63) is 76.6 Å². The highest BCUT2D eigenvalue weighted by Gasteiger charge is 2.28. The second kappa shape index (κ2) is 16.3. The van der Waals surface area contributed by atoms with E-state index in [9.17, 15) is 22.0 Å². The number of hydrogen-bond acceptors (Lipinski definition) is 10. The van der Waals surface area contributed by atoms with Crippen LogP contribution in [0.4, 0.5) is 14.5 Å². The quantitative estimate of drug-likeness (QED) is 0.181. The minimum absolute atomic E-state index is 0.0812. The number of carbonyl (C=O) groups excluding carboxylic acids is 1. The van der Waals surface area contributed by atoms with Crippen LogP contribution >= 0.6 is 11.6 Å². The number of piperazine rings is 1. The molecular formula is C34H41ClF2N4O7S. The molecule has 1 saturated carbocycles. The van der Waals surface area contributed by atoms with Crippen molar-refractivity contribution in [3.63, 3.8) is 0 Å². The zero-order chi connectivity index (χ0) is 35.1. The van der Waals surface area contributed by atoms with E-state index in [1.54, 1.807) is 12.3 Å². The van der Waals surface area contributed by atoms with Gasteiger partial charge in [0, 0.05) is 58.1 Å². The third kappa shape index (κ3) is 10.2. The second-order valence-electron chi connectivity index (χ2n) is 12.3. The van der Waals surface area contributed by atoms with Gasteiger partial charge in [-0.1, -0.05) is 17.7 Å². The highest BCUT2D eigenvalue weighted by atomic mass is 35.5. The highest BCUT2D eigenvalue weighted by molar-refractivity contribution is 7.92. The molecule has 2 aromatic carbocycles. The van der Waals surface area contributed by atoms with Crippen LogP contribution in [-0.2, 0) is 21.2 Å². The Morgan fingerprint density at radius 2 is 1.80 bits per heavy atom. The number of esters is 1. The van der Waals surface area contributed by atoms with Gasteiger partial charge in [0.1, 0.15) is 11.9 Å². The van der Waals surface area contributed by atoms with Crippen LogP contribution in [0.2, 0.25) is 5.02 Å². The van der Waals surface area contributed by atoms with E-state index in [4.69, 9.17) is 30.5 Å². The minimum atomic E-state index is -3.78. The van der Waals surface area contributed by atoms with E-state index in [1.807, 2.05) is 7.05 Å². The van der Waals surface area contributed by atoms with Crippen molar-refractivity contribution in [1.29, 1.82) is 0 Å². The first-order valence-electron chi connectivity index (χ1n) is 16.0. The lowest BCUT2D eigenvalue weighted by Crippen LogP contribution is -2.47. The molecule has 0 unspecified atom stereocenters. The Labute approximate surface area is 290 Å². The van der Waals surface area contributed by atoms with E-state index in [0.717, 1.165) is 45.3 Å². The first kappa shape index (κ1) is 36.6. The number of carbonyl (C=O) groups is 1. The summed E-state index contributed by atoms with van der Waals surface area (Å²) in [7, 11) is -0.303. The molecule has 0 amide bonds. The predicted octanol–water partition coefficient (Wildman–Crippen LogP) is 5.29. The summed E-state index contributed by atoms with van der Waals surface area (Å²) in [6.07, 6.45) is 5.28. The van der Waals surface area contributed by atoms with E-state index in [1.165, 1.54) is 54.0 Å². The van der Waals surface area contributed by atoms with Gasteiger partial charge in [0.2, 0.25) is 10.0 Å². The van der Waals surface area contributed by atoms with Crippen molar-refractivity contribution in [2.45, 2.75) is 32.0 Å². The van der Waals surface area contributed by atoms with Gasteiger partial charge in [0.15, 0.2) is 11.5 Å². The molecule has 1 aliphatic heterocycles. The number of rotatable bonds is 16. The Morgan fingerprint density at radius 1 is 1.06 bits per heavy atom. The average molecular weight is 723 g/mol. The minimum Gasteiger partial charge on any atom is -0.495 e. The summed E-state index contributed by atoms with van der Waals surface area (Å²) >= 11 is 6.43. The molecule has 266 valence electrons. The van der Waals surface area contributed by atoms with E-state index < -0.39 is 28.7 Å². The number of sulfonamides is 1. The highest BCUT2D eigenvalue weighted by Crippen LogP contribution is 2.38. The van der Waals surface area contributed by atoms with Crippen LogP contribution in [0.1, 0.15) is 40.4 Å². The SMILES string of the molecule is COc1ccc(C(=O)O[C@@H](Cc2ccncc2Cl)c2ccc(OC(F)F)c(OCC3CC3)c2)cc1N(CCN1CCN(C)CC1)S(C)(=O)=O. The van der Waals surface area contributed by atoms with Crippen molar-refractivity contribution in [1.82, 2.24) is 14.8 Å². The summed E-state index contributed by atoms with van der Waals surface area (Å²) < 4.78 is 76.0. The van der Waals surface area contributed by atoms with E-state index in [0.29, 0.717) is 35.2 Å². The number of halogens is 3. The normalized spacial score (nSPS) is 16.3. The summed E-state index contributed by atoms with van der Waals surface area (Å²) in [6.45, 7) is 1.30. The van der Waals surface area contributed by atoms with Gasteiger partial charge in [-0.25, -0.2) is 13.2 Å². The summed E-state index contributed by atoms with van der Waals surface area (Å²) in [6, 6.07) is 10.5. The Hall–Kier alpha value is -3.72. The third-order valence-electron chi connectivity index (χ3n) is 8.54. The summed E-state index contributed by atoms with van der Waals surface area (Å²) in [5.41, 5.74) is 1.36. The first-order valence-corrected chi connectivity index (χ1v) is 18.2. The molecule has 0 radical (unpaired) electrons. The molecular weight excluding hydrogens is 682 g/mol. The lowest BCUT2D eigenvalue weighted by molar-refractivity contribution is -0.0515. The van der Waals surface area contributed by atoms with Crippen LogP contribution in [-0.4, -0.2) is 102 Å². The summed E-state index contributed by atoms with van der Waals surface area (Å²) in [5, 5.41) is 0.349. The molecule has 1 atom stereocenters. The molecule has 2 fully saturated rings. The number of benzene rings is 2. The molecule has 11 nitrogen and oxygen atoms in total. The van der Waals surface area contributed by atoms with Crippen LogP contribution in [0.25, 0.3) is 0 Å². The molecule has 1 aliphatic carbocycles. The topological polar surface area (TPSA) is 111 Å². The molecule has 0 N–H and O–H groups in total. The van der Waals surface area contributed by atoms with Gasteiger partial charge in [-0.2, -0.15) is 8.78 Å². The smallest absolute Gasteiger partial charge is 0.387 e. The number of hydrogen-bond donors (Lipinski definition) is 0. The maximum Gasteiger partial charge on any atom is 0.387 e. The van der Waals surface area contributed by atoms with Crippen molar-refractivity contribution < 1.29 is 40.9 Å². The zero-order valence-corrected chi connectivity index (χ0v) is 29.3. The standard InChI is InChI=1S/C34H41ClF2N4O7S/c1-39-12-14-40(15-13-39)16-17-41(49(3,43)44)28-18-26(7-8-29(28)45-2)33(42)47-31(19-24-10-11-38-21-27(24)35)25-6-9-30(48-34(36)37)32(20-25)46-22-23-4-5-23/h6-11,18,20-21,23,31,34H,4-5,12-17,19,22H2,1-3H3/t31-/m0/s1. The van der Waals surface area contributed by atoms with Gasteiger partial charge in [0.25, 0.3) is 0 Å². The van der Waals surface area contributed by atoms with Gasteiger partial charge in [-0.3, -0.25) is 14.2 Å². The molecule has 15 heteroatoms. The maximum absolute atomic E-state index is 13.8. The number of pyridine rings is 1. The Balaban J connectivity index is 1.44. The molecule has 1 aromatic heterocycles. The van der Waals surface area contributed by atoms with Gasteiger partial charge in [-0.05, 0) is 73.3 Å². The van der Waals surface area contributed by atoms with Crippen LogP contribution in [0.3, 0.4) is 0 Å². The van der Waals surface area contributed by atoms with Crippen molar-refractivity contribution in [3.8, 4) is 17.2 Å². The summed E-state index contributed by atoms with van der Waals surface area (Å²) in [5.74, 6) is -0.178. The predicted molar refractivity (Wildman–Crippen MR) is 182 cm³/mol. The molecule has 1 saturated heterocycles. The molecule has 0 bridgehead atoms. The fourth-order valence-corrected chi connectivity index (χ4v) is 6.61.